The number of nitrogens with zero attached hydrogens (tertiary/aromatic N) is 4. The van der Waals surface area contributed by atoms with Crippen LogP contribution in [0.1, 0.15) is 38.2 Å². The number of carbonyl (C=O) groups is 1. The first-order valence-electron chi connectivity index (χ1n) is 10.9. The van der Waals surface area contributed by atoms with E-state index in [1.165, 1.54) is 21.6 Å². The lowest BCUT2D eigenvalue weighted by atomic mass is 10.1. The number of H-pyrrole nitrogens is 1. The molecule has 0 aliphatic rings. The molecule has 2 heterocycles. The molecule has 0 aliphatic carbocycles. The zero-order chi connectivity index (χ0) is 24.0. The molecule has 0 bridgehead atoms. The Morgan fingerprint density at radius 2 is 1.82 bits per heavy atom. The number of benzene rings is 1. The maximum Gasteiger partial charge on any atom is 0.407 e. The number of halogens is 2. The molecule has 2 aromatic heterocycles. The lowest BCUT2D eigenvalue weighted by Crippen LogP contribution is -2.41. The molecule has 1 amide bonds. The first kappa shape index (κ1) is 24.5. The van der Waals surface area contributed by atoms with Crippen molar-refractivity contribution in [2.24, 2.45) is 0 Å². The first-order valence-corrected chi connectivity index (χ1v) is 11.3. The summed E-state index contributed by atoms with van der Waals surface area (Å²) >= 11 is 5.94. The van der Waals surface area contributed by atoms with Crippen LogP contribution >= 0.6 is 11.6 Å². The number of rotatable bonds is 11. The molecule has 9 nitrogen and oxygen atoms in total. The number of aromatic amines is 1. The summed E-state index contributed by atoms with van der Waals surface area (Å²) < 4.78 is 15.6. The molecule has 0 unspecified atom stereocenters. The average Bonchev–Trinajstić information content (AvgIpc) is 3.17. The van der Waals surface area contributed by atoms with Crippen molar-refractivity contribution in [3.05, 3.63) is 61.8 Å². The van der Waals surface area contributed by atoms with Crippen LogP contribution in [0.4, 0.5) is 9.18 Å². The summed E-state index contributed by atoms with van der Waals surface area (Å²) in [4.78, 5) is 45.5. The second kappa shape index (κ2) is 11.1. The first-order chi connectivity index (χ1) is 15.8. The number of amides is 1. The smallest absolute Gasteiger partial charge is 0.407 e. The minimum absolute atomic E-state index is 0.0290. The highest BCUT2D eigenvalue weighted by Crippen LogP contribution is 2.11. The van der Waals surface area contributed by atoms with Gasteiger partial charge >= 0.3 is 11.8 Å². The average molecular weight is 480 g/mol. The van der Waals surface area contributed by atoms with Gasteiger partial charge in [0.15, 0.2) is 11.2 Å². The minimum atomic E-state index is -1.10. The Morgan fingerprint density at radius 1 is 1.12 bits per heavy atom. The van der Waals surface area contributed by atoms with E-state index in [0.717, 1.165) is 29.4 Å². The van der Waals surface area contributed by atoms with E-state index in [4.69, 9.17) is 11.6 Å². The van der Waals surface area contributed by atoms with Gasteiger partial charge in [0.2, 0.25) is 5.28 Å². The van der Waals surface area contributed by atoms with E-state index >= 15 is 0 Å². The Kier molecular flexibility index (Phi) is 8.26. The van der Waals surface area contributed by atoms with Gasteiger partial charge in [-0.3, -0.25) is 13.9 Å². The number of carboxylic acid groups (broad SMARTS) is 1. The Morgan fingerprint density at radius 3 is 2.48 bits per heavy atom. The normalized spacial score (nSPS) is 11.2. The van der Waals surface area contributed by atoms with Gasteiger partial charge < -0.3 is 15.0 Å². The molecule has 3 rings (SSSR count). The van der Waals surface area contributed by atoms with E-state index < -0.39 is 17.3 Å². The zero-order valence-electron chi connectivity index (χ0n) is 18.4. The molecule has 0 saturated carbocycles. The Bertz CT molecular complexity index is 1220. The van der Waals surface area contributed by atoms with Crippen LogP contribution in [0.3, 0.4) is 0 Å². The van der Waals surface area contributed by atoms with E-state index in [2.05, 4.69) is 16.9 Å². The van der Waals surface area contributed by atoms with Crippen molar-refractivity contribution >= 4 is 28.9 Å². The van der Waals surface area contributed by atoms with Crippen LogP contribution in [-0.4, -0.2) is 48.3 Å². The number of hydrogen-bond donors (Lipinski definition) is 2. The van der Waals surface area contributed by atoms with Crippen molar-refractivity contribution in [2.45, 2.75) is 52.1 Å². The van der Waals surface area contributed by atoms with Crippen LogP contribution in [-0.2, 0) is 19.5 Å². The highest BCUT2D eigenvalue weighted by Gasteiger charge is 2.18. The maximum atomic E-state index is 13.0. The van der Waals surface area contributed by atoms with Gasteiger partial charge in [0.1, 0.15) is 5.82 Å². The summed E-state index contributed by atoms with van der Waals surface area (Å²) in [5.74, 6) is -0.352. The molecule has 33 heavy (non-hydrogen) atoms. The molecule has 0 aliphatic heterocycles. The molecule has 1 aromatic carbocycles. The summed E-state index contributed by atoms with van der Waals surface area (Å²) in [6, 6.07) is 5.88. The number of imidazole rings is 1. The molecule has 3 aromatic rings. The highest BCUT2D eigenvalue weighted by molar-refractivity contribution is 6.28. The fourth-order valence-corrected chi connectivity index (χ4v) is 3.87. The summed E-state index contributed by atoms with van der Waals surface area (Å²) in [5, 5.41) is 9.54. The largest absolute Gasteiger partial charge is 0.465 e. The van der Waals surface area contributed by atoms with Crippen molar-refractivity contribution in [1.29, 1.82) is 0 Å². The van der Waals surface area contributed by atoms with Crippen molar-refractivity contribution < 1.29 is 14.3 Å². The van der Waals surface area contributed by atoms with Gasteiger partial charge in [-0.2, -0.15) is 4.98 Å². The number of hydrogen-bond acceptors (Lipinski definition) is 4. The monoisotopic (exact) mass is 479 g/mol. The predicted octanol–water partition coefficient (Wildman–Crippen LogP) is 3.48. The third-order valence-electron chi connectivity index (χ3n) is 5.48. The van der Waals surface area contributed by atoms with Crippen LogP contribution < -0.4 is 11.2 Å². The fourth-order valence-electron chi connectivity index (χ4n) is 3.69. The van der Waals surface area contributed by atoms with Gasteiger partial charge in [0.05, 0.1) is 0 Å². The van der Waals surface area contributed by atoms with Gasteiger partial charge in [-0.05, 0) is 48.6 Å². The van der Waals surface area contributed by atoms with E-state index in [-0.39, 0.29) is 48.3 Å². The standard InChI is InChI=1S/C22H27ClFN5O4/c1-2-3-4-12-28-18-17(25-20(23)26-18)19(30)29(21(28)31)13-5-11-27(22(32)33)14-10-15-6-8-16(24)9-7-15/h6-9H,2-5,10-14H2,1H3,(H,25,26)(H,32,33). The number of aromatic nitrogens is 4. The van der Waals surface area contributed by atoms with Crippen molar-refractivity contribution in [1.82, 2.24) is 24.0 Å². The lowest BCUT2D eigenvalue weighted by molar-refractivity contribution is 0.144. The number of fused-ring (bicyclic) bond motifs is 1. The van der Waals surface area contributed by atoms with Crippen LogP contribution in [0, 0.1) is 5.82 Å². The van der Waals surface area contributed by atoms with Gasteiger partial charge in [-0.15, -0.1) is 0 Å². The summed E-state index contributed by atoms with van der Waals surface area (Å²) in [5.41, 5.74) is 0.181. The van der Waals surface area contributed by atoms with Gasteiger partial charge in [-0.1, -0.05) is 31.9 Å². The second-order valence-electron chi connectivity index (χ2n) is 7.82. The van der Waals surface area contributed by atoms with E-state index in [1.807, 2.05) is 0 Å². The molecular formula is C22H27ClFN5O4. The van der Waals surface area contributed by atoms with Gasteiger partial charge in [0, 0.05) is 26.2 Å². The highest BCUT2D eigenvalue weighted by atomic mass is 35.5. The summed E-state index contributed by atoms with van der Waals surface area (Å²) in [6.45, 7) is 2.86. The molecular weight excluding hydrogens is 453 g/mol. The molecule has 0 spiro atoms. The second-order valence-corrected chi connectivity index (χ2v) is 8.18. The number of unbranched alkanes of at least 4 members (excludes halogenated alkanes) is 2. The molecule has 0 fully saturated rings. The molecule has 178 valence electrons. The predicted molar refractivity (Wildman–Crippen MR) is 123 cm³/mol. The van der Waals surface area contributed by atoms with Crippen LogP contribution in [0.25, 0.3) is 11.2 Å². The number of aryl methyl sites for hydroxylation is 1. The molecule has 0 atom stereocenters. The quantitative estimate of drug-likeness (QED) is 0.323. The van der Waals surface area contributed by atoms with E-state index in [1.54, 1.807) is 12.1 Å². The minimum Gasteiger partial charge on any atom is -0.465 e. The Balaban J connectivity index is 1.73. The number of nitrogens with one attached hydrogen (secondary N) is 1. The van der Waals surface area contributed by atoms with Crippen LogP contribution in [0.15, 0.2) is 33.9 Å². The Hall–Kier alpha value is -3.14. The lowest BCUT2D eigenvalue weighted by Gasteiger charge is -2.19. The van der Waals surface area contributed by atoms with Crippen LogP contribution in [0.5, 0.6) is 0 Å². The van der Waals surface area contributed by atoms with E-state index in [0.29, 0.717) is 13.0 Å². The van der Waals surface area contributed by atoms with Crippen molar-refractivity contribution in [2.75, 3.05) is 13.1 Å². The van der Waals surface area contributed by atoms with Crippen LogP contribution in [0.2, 0.25) is 5.28 Å². The Labute approximate surface area is 194 Å². The molecule has 2 N–H and O–H groups in total. The molecule has 11 heteroatoms. The topological polar surface area (TPSA) is 113 Å². The third kappa shape index (κ3) is 6.01. The molecule has 0 saturated heterocycles. The van der Waals surface area contributed by atoms with Crippen molar-refractivity contribution in [3.63, 3.8) is 0 Å². The summed E-state index contributed by atoms with van der Waals surface area (Å²) in [6.07, 6.45) is 2.25. The summed E-state index contributed by atoms with van der Waals surface area (Å²) in [7, 11) is 0. The SMILES string of the molecule is CCCCCn1c(=O)n(CCCN(CCc2ccc(F)cc2)C(=O)O)c(=O)c2[nH]c(Cl)nc21. The van der Waals surface area contributed by atoms with Gasteiger partial charge in [0.25, 0.3) is 5.56 Å². The van der Waals surface area contributed by atoms with E-state index in [9.17, 15) is 23.9 Å². The third-order valence-corrected chi connectivity index (χ3v) is 5.66. The van der Waals surface area contributed by atoms with Gasteiger partial charge in [-0.25, -0.2) is 14.0 Å². The van der Waals surface area contributed by atoms with Crippen molar-refractivity contribution in [3.8, 4) is 0 Å². The zero-order valence-corrected chi connectivity index (χ0v) is 19.1. The maximum absolute atomic E-state index is 13.0. The fraction of sp³-hybridized carbons (Fsp3) is 0.455. The molecule has 0 radical (unpaired) electrons.